The molecule has 0 spiro atoms. The molecule has 7 heteroatoms. The lowest BCUT2D eigenvalue weighted by molar-refractivity contribution is -0.143. The number of esters is 1. The smallest absolute Gasteiger partial charge is 0.338 e. The van der Waals surface area contributed by atoms with Crippen molar-refractivity contribution >= 4 is 35.1 Å². The van der Waals surface area contributed by atoms with Crippen molar-refractivity contribution in [2.45, 2.75) is 37.8 Å². The number of hydrogen-bond donors (Lipinski definition) is 0. The molecule has 0 N–H and O–H groups in total. The van der Waals surface area contributed by atoms with Gasteiger partial charge < -0.3 is 4.74 Å². The van der Waals surface area contributed by atoms with Gasteiger partial charge in [0.2, 0.25) is 0 Å². The Kier molecular flexibility index (Phi) is 6.48. The van der Waals surface area contributed by atoms with Crippen molar-refractivity contribution in [1.29, 1.82) is 0 Å². The second-order valence-corrected chi connectivity index (χ2v) is 9.61. The van der Waals surface area contributed by atoms with Gasteiger partial charge in [-0.3, -0.25) is 9.36 Å². The summed E-state index contributed by atoms with van der Waals surface area (Å²) >= 11 is 2.97. The first-order valence-electron chi connectivity index (χ1n) is 10.3. The van der Waals surface area contributed by atoms with Gasteiger partial charge in [-0.25, -0.2) is 9.79 Å². The second-order valence-electron chi connectivity index (χ2n) is 7.72. The summed E-state index contributed by atoms with van der Waals surface area (Å²) in [5.74, 6) is -0.447. The molecule has 2 heterocycles. The lowest BCUT2D eigenvalue weighted by Crippen LogP contribution is -2.40. The predicted molar refractivity (Wildman–Crippen MR) is 130 cm³/mol. The van der Waals surface area contributed by atoms with Crippen LogP contribution >= 0.6 is 23.1 Å². The molecule has 32 heavy (non-hydrogen) atoms. The molecule has 1 aliphatic rings. The number of thiazole rings is 1. The van der Waals surface area contributed by atoms with Crippen molar-refractivity contribution in [3.05, 3.63) is 96.7 Å². The van der Waals surface area contributed by atoms with Crippen LogP contribution in [0.25, 0.3) is 6.08 Å². The first-order valence-corrected chi connectivity index (χ1v) is 12.4. The molecule has 0 unspecified atom stereocenters. The molecular weight excluding hydrogens is 440 g/mol. The minimum atomic E-state index is -0.591. The zero-order valence-electron chi connectivity index (χ0n) is 18.4. The predicted octanol–water partition coefficient (Wildman–Crippen LogP) is 3.91. The minimum Gasteiger partial charge on any atom is -0.459 e. The highest BCUT2D eigenvalue weighted by atomic mass is 32.2. The number of hydrogen-bond acceptors (Lipinski definition) is 6. The number of aromatic nitrogens is 1. The SMILES string of the molecule is CSc1ccc([C@H]2C(C(=O)OC(C)C)=C(C)N=c3s/c(=C\c4ccccc4)c(=O)n32)cc1. The molecule has 1 aliphatic heterocycles. The summed E-state index contributed by atoms with van der Waals surface area (Å²) in [5, 5.41) is 0. The monoisotopic (exact) mass is 464 g/mol. The molecule has 2 aromatic carbocycles. The fourth-order valence-corrected chi connectivity index (χ4v) is 5.12. The lowest BCUT2D eigenvalue weighted by atomic mass is 9.96. The fraction of sp³-hybridized carbons (Fsp3) is 0.240. The van der Waals surface area contributed by atoms with E-state index in [1.165, 1.54) is 11.3 Å². The van der Waals surface area contributed by atoms with E-state index in [4.69, 9.17) is 4.74 Å². The first kappa shape index (κ1) is 22.3. The van der Waals surface area contributed by atoms with Gasteiger partial charge in [-0.15, -0.1) is 11.8 Å². The summed E-state index contributed by atoms with van der Waals surface area (Å²) in [6, 6.07) is 17.0. The standard InChI is InChI=1S/C25H24N2O3S2/c1-15(2)30-24(29)21-16(3)26-25-27(22(21)18-10-12-19(31-4)13-11-18)23(28)20(32-25)14-17-8-6-5-7-9-17/h5-15,22H,1-4H3/b20-14-/t22-/m0/s1. The van der Waals surface area contributed by atoms with Crippen molar-refractivity contribution in [3.8, 4) is 0 Å². The Bertz CT molecular complexity index is 1350. The molecule has 0 saturated carbocycles. The number of allylic oxidation sites excluding steroid dienone is 1. The summed E-state index contributed by atoms with van der Waals surface area (Å²) in [6.45, 7) is 5.42. The Hall–Kier alpha value is -2.90. The van der Waals surface area contributed by atoms with Crippen molar-refractivity contribution in [2.75, 3.05) is 6.26 Å². The zero-order chi connectivity index (χ0) is 22.8. The molecule has 1 atom stereocenters. The van der Waals surface area contributed by atoms with Gasteiger partial charge in [-0.2, -0.15) is 0 Å². The van der Waals surface area contributed by atoms with E-state index in [0.717, 1.165) is 16.0 Å². The molecule has 1 aromatic heterocycles. The number of rotatable bonds is 5. The number of fused-ring (bicyclic) bond motifs is 1. The summed E-state index contributed by atoms with van der Waals surface area (Å²) in [5.41, 5.74) is 2.59. The number of carbonyl (C=O) groups excluding carboxylic acids is 1. The van der Waals surface area contributed by atoms with Crippen LogP contribution in [0.1, 0.15) is 37.9 Å². The van der Waals surface area contributed by atoms with Crippen LogP contribution in [0.4, 0.5) is 0 Å². The molecule has 0 aliphatic carbocycles. The highest BCUT2D eigenvalue weighted by molar-refractivity contribution is 7.98. The Morgan fingerprint density at radius 2 is 1.84 bits per heavy atom. The maximum absolute atomic E-state index is 13.5. The van der Waals surface area contributed by atoms with Crippen molar-refractivity contribution in [1.82, 2.24) is 4.57 Å². The van der Waals surface area contributed by atoms with Gasteiger partial charge in [0, 0.05) is 4.90 Å². The first-order chi connectivity index (χ1) is 15.4. The molecule has 4 rings (SSSR count). The lowest BCUT2D eigenvalue weighted by Gasteiger charge is -2.25. The topological polar surface area (TPSA) is 60.7 Å². The minimum absolute atomic E-state index is 0.168. The van der Waals surface area contributed by atoms with E-state index in [1.54, 1.807) is 23.3 Å². The van der Waals surface area contributed by atoms with Crippen LogP contribution in [0.5, 0.6) is 0 Å². The van der Waals surface area contributed by atoms with Gasteiger partial charge in [0.1, 0.15) is 0 Å². The third kappa shape index (κ3) is 4.36. The molecule has 3 aromatic rings. The van der Waals surface area contributed by atoms with E-state index in [9.17, 15) is 9.59 Å². The van der Waals surface area contributed by atoms with Gasteiger partial charge in [0.25, 0.3) is 5.56 Å². The maximum Gasteiger partial charge on any atom is 0.338 e. The average molecular weight is 465 g/mol. The molecule has 0 saturated heterocycles. The van der Waals surface area contributed by atoms with Crippen molar-refractivity contribution < 1.29 is 9.53 Å². The Morgan fingerprint density at radius 1 is 1.16 bits per heavy atom. The van der Waals surface area contributed by atoms with Gasteiger partial charge in [0.15, 0.2) is 4.80 Å². The van der Waals surface area contributed by atoms with Crippen LogP contribution in [0, 0.1) is 0 Å². The van der Waals surface area contributed by atoms with Gasteiger partial charge in [0.05, 0.1) is 27.9 Å². The number of thioether (sulfide) groups is 1. The zero-order valence-corrected chi connectivity index (χ0v) is 20.0. The number of nitrogens with zero attached hydrogens (tertiary/aromatic N) is 2. The van der Waals surface area contributed by atoms with E-state index >= 15 is 0 Å². The summed E-state index contributed by atoms with van der Waals surface area (Å²) in [4.78, 5) is 32.9. The van der Waals surface area contributed by atoms with E-state index < -0.39 is 12.0 Å². The normalized spacial score (nSPS) is 16.2. The Morgan fingerprint density at radius 3 is 2.47 bits per heavy atom. The van der Waals surface area contributed by atoms with E-state index in [2.05, 4.69) is 4.99 Å². The third-order valence-corrected chi connectivity index (χ3v) is 6.84. The molecule has 164 valence electrons. The van der Waals surface area contributed by atoms with E-state index in [-0.39, 0.29) is 11.7 Å². The largest absolute Gasteiger partial charge is 0.459 e. The van der Waals surface area contributed by atoms with Crippen LogP contribution in [0.3, 0.4) is 0 Å². The van der Waals surface area contributed by atoms with Gasteiger partial charge in [-0.05, 0) is 56.4 Å². The quantitative estimate of drug-likeness (QED) is 0.424. The van der Waals surface area contributed by atoms with Gasteiger partial charge in [-0.1, -0.05) is 53.8 Å². The number of benzene rings is 2. The second kappa shape index (κ2) is 9.30. The van der Waals surface area contributed by atoms with E-state index in [0.29, 0.717) is 20.6 Å². The summed E-state index contributed by atoms with van der Waals surface area (Å²) < 4.78 is 7.73. The summed E-state index contributed by atoms with van der Waals surface area (Å²) in [7, 11) is 0. The fourth-order valence-electron chi connectivity index (χ4n) is 3.66. The number of carbonyl (C=O) groups is 1. The average Bonchev–Trinajstić information content (AvgIpc) is 3.07. The molecule has 5 nitrogen and oxygen atoms in total. The van der Waals surface area contributed by atoms with Crippen LogP contribution in [-0.4, -0.2) is 22.9 Å². The van der Waals surface area contributed by atoms with Gasteiger partial charge >= 0.3 is 5.97 Å². The van der Waals surface area contributed by atoms with Crippen LogP contribution in [0.15, 0.2) is 80.5 Å². The van der Waals surface area contributed by atoms with Crippen molar-refractivity contribution in [2.24, 2.45) is 4.99 Å². The third-order valence-electron chi connectivity index (χ3n) is 5.11. The molecule has 0 bridgehead atoms. The maximum atomic E-state index is 13.5. The van der Waals surface area contributed by atoms with Crippen molar-refractivity contribution in [3.63, 3.8) is 0 Å². The van der Waals surface area contributed by atoms with Crippen LogP contribution in [-0.2, 0) is 9.53 Å². The number of ether oxygens (including phenoxy) is 1. The molecule has 0 radical (unpaired) electrons. The van der Waals surface area contributed by atoms with Crippen LogP contribution < -0.4 is 14.9 Å². The molecular formula is C25H24N2O3S2. The Balaban J connectivity index is 1.94. The highest BCUT2D eigenvalue weighted by Gasteiger charge is 2.33. The summed E-state index contributed by atoms with van der Waals surface area (Å²) in [6.07, 6.45) is 3.60. The van der Waals surface area contributed by atoms with Crippen LogP contribution in [0.2, 0.25) is 0 Å². The molecule has 0 amide bonds. The Labute approximate surface area is 194 Å². The molecule has 0 fully saturated rings. The highest BCUT2D eigenvalue weighted by Crippen LogP contribution is 2.31. The van der Waals surface area contributed by atoms with E-state index in [1.807, 2.05) is 80.8 Å².